The Morgan fingerprint density at radius 1 is 0.741 bits per heavy atom. The summed E-state index contributed by atoms with van der Waals surface area (Å²) in [5, 5.41) is 1.89. The lowest BCUT2D eigenvalue weighted by molar-refractivity contribution is 0.325. The summed E-state index contributed by atoms with van der Waals surface area (Å²) < 4.78 is 26.3. The molecule has 0 aliphatic heterocycles. The molecular formula is C21H31NO2P2S. The zero-order chi connectivity index (χ0) is 19.8. The predicted octanol–water partition coefficient (Wildman–Crippen LogP) is 4.29. The number of rotatable bonds is 11. The molecule has 0 saturated heterocycles. The SMILES string of the molecule is CSCCN(CCP(C)(=O)c1ccccc1)CCP(C)(=O)c1ccccc1. The number of benzene rings is 2. The van der Waals surface area contributed by atoms with Crippen LogP contribution in [0.25, 0.3) is 0 Å². The van der Waals surface area contributed by atoms with E-state index in [4.69, 9.17) is 0 Å². The van der Waals surface area contributed by atoms with Gasteiger partial charge in [0.25, 0.3) is 0 Å². The van der Waals surface area contributed by atoms with Crippen LogP contribution in [0.2, 0.25) is 0 Å². The topological polar surface area (TPSA) is 37.4 Å². The highest BCUT2D eigenvalue weighted by atomic mass is 32.2. The zero-order valence-electron chi connectivity index (χ0n) is 16.6. The molecule has 3 nitrogen and oxygen atoms in total. The molecule has 2 aromatic rings. The summed E-state index contributed by atoms with van der Waals surface area (Å²) in [5.74, 6) is 1.03. The zero-order valence-corrected chi connectivity index (χ0v) is 19.2. The number of hydrogen-bond donors (Lipinski definition) is 0. The van der Waals surface area contributed by atoms with Crippen molar-refractivity contribution in [3.05, 3.63) is 60.7 Å². The Kier molecular flexibility index (Phi) is 8.89. The predicted molar refractivity (Wildman–Crippen MR) is 124 cm³/mol. The molecule has 0 radical (unpaired) electrons. The van der Waals surface area contributed by atoms with Crippen LogP contribution < -0.4 is 10.6 Å². The fourth-order valence-corrected chi connectivity index (χ4v) is 6.86. The van der Waals surface area contributed by atoms with E-state index in [0.29, 0.717) is 12.3 Å². The summed E-state index contributed by atoms with van der Waals surface area (Å²) in [4.78, 5) is 2.33. The van der Waals surface area contributed by atoms with Gasteiger partial charge in [-0.05, 0) is 19.6 Å². The van der Waals surface area contributed by atoms with Crippen LogP contribution in [-0.2, 0) is 9.13 Å². The molecule has 0 aliphatic rings. The molecule has 27 heavy (non-hydrogen) atoms. The maximum atomic E-state index is 13.1. The van der Waals surface area contributed by atoms with Gasteiger partial charge in [-0.15, -0.1) is 0 Å². The summed E-state index contributed by atoms with van der Waals surface area (Å²) in [6.45, 7) is 6.24. The molecule has 0 aliphatic carbocycles. The van der Waals surface area contributed by atoms with E-state index in [1.165, 1.54) is 0 Å². The van der Waals surface area contributed by atoms with E-state index in [-0.39, 0.29) is 0 Å². The maximum absolute atomic E-state index is 13.1. The molecule has 2 aromatic carbocycles. The van der Waals surface area contributed by atoms with Crippen molar-refractivity contribution in [1.82, 2.24) is 4.90 Å². The molecule has 148 valence electrons. The average Bonchev–Trinajstić information content (AvgIpc) is 2.69. The van der Waals surface area contributed by atoms with Gasteiger partial charge < -0.3 is 14.0 Å². The van der Waals surface area contributed by atoms with E-state index in [1.807, 2.05) is 85.8 Å². The van der Waals surface area contributed by atoms with Gasteiger partial charge in [-0.1, -0.05) is 60.7 Å². The lowest BCUT2D eigenvalue weighted by Crippen LogP contribution is -2.33. The van der Waals surface area contributed by atoms with Crippen LogP contribution in [0.1, 0.15) is 0 Å². The van der Waals surface area contributed by atoms with Gasteiger partial charge in [-0.2, -0.15) is 11.8 Å². The van der Waals surface area contributed by atoms with E-state index in [0.717, 1.165) is 36.0 Å². The van der Waals surface area contributed by atoms with E-state index >= 15 is 0 Å². The Bertz CT molecular complexity index is 720. The first kappa shape index (κ1) is 22.5. The fraction of sp³-hybridized carbons (Fsp3) is 0.429. The number of hydrogen-bond acceptors (Lipinski definition) is 4. The normalized spacial score (nSPS) is 16.0. The van der Waals surface area contributed by atoms with Gasteiger partial charge in [0.05, 0.1) is 0 Å². The Hall–Kier alpha value is -0.790. The van der Waals surface area contributed by atoms with Gasteiger partial charge in [-0.3, -0.25) is 0 Å². The third-order valence-electron chi connectivity index (χ3n) is 4.90. The van der Waals surface area contributed by atoms with Crippen molar-refractivity contribution in [3.8, 4) is 0 Å². The summed E-state index contributed by atoms with van der Waals surface area (Å²) in [6.07, 6.45) is 3.41. The monoisotopic (exact) mass is 423 g/mol. The Morgan fingerprint density at radius 2 is 1.15 bits per heavy atom. The fourth-order valence-electron chi connectivity index (χ4n) is 2.97. The Labute approximate surface area is 168 Å². The van der Waals surface area contributed by atoms with Gasteiger partial charge in [0.1, 0.15) is 14.3 Å². The Balaban J connectivity index is 1.98. The minimum Gasteiger partial charge on any atom is -0.319 e. The second kappa shape index (κ2) is 10.7. The molecule has 0 fully saturated rings. The van der Waals surface area contributed by atoms with Crippen molar-refractivity contribution >= 4 is 36.7 Å². The summed E-state index contributed by atoms with van der Waals surface area (Å²) in [7, 11) is -4.74. The minimum absolute atomic E-state index is 0.657. The van der Waals surface area contributed by atoms with Gasteiger partial charge in [-0.25, -0.2) is 0 Å². The van der Waals surface area contributed by atoms with E-state index in [2.05, 4.69) is 11.2 Å². The second-order valence-electron chi connectivity index (χ2n) is 7.15. The van der Waals surface area contributed by atoms with Crippen molar-refractivity contribution in [3.63, 3.8) is 0 Å². The Morgan fingerprint density at radius 3 is 1.52 bits per heavy atom. The highest BCUT2D eigenvalue weighted by Crippen LogP contribution is 2.41. The van der Waals surface area contributed by atoms with Crippen molar-refractivity contribution < 1.29 is 9.13 Å². The molecule has 0 amide bonds. The van der Waals surface area contributed by atoms with E-state index < -0.39 is 14.3 Å². The third-order valence-corrected chi connectivity index (χ3v) is 10.4. The summed E-state index contributed by atoms with van der Waals surface area (Å²) in [5.41, 5.74) is 0. The van der Waals surface area contributed by atoms with Crippen LogP contribution >= 0.6 is 26.0 Å². The summed E-state index contributed by atoms with van der Waals surface area (Å²) in [6, 6.07) is 19.5. The smallest absolute Gasteiger partial charge is 0.113 e. The van der Waals surface area contributed by atoms with Gasteiger partial charge in [0, 0.05) is 48.3 Å². The summed E-state index contributed by atoms with van der Waals surface area (Å²) >= 11 is 1.81. The second-order valence-corrected chi connectivity index (χ2v) is 14.5. The van der Waals surface area contributed by atoms with E-state index in [9.17, 15) is 9.13 Å². The lowest BCUT2D eigenvalue weighted by Gasteiger charge is -2.25. The average molecular weight is 423 g/mol. The highest BCUT2D eigenvalue weighted by molar-refractivity contribution is 7.98. The molecule has 0 heterocycles. The standard InChI is InChI=1S/C21H31NO2P2S/c1-25(23,20-10-6-4-7-11-20)17-14-22(16-19-27-3)15-18-26(2,24)21-12-8-5-9-13-21/h4-13H,14-19H2,1-3H3. The number of nitrogens with zero attached hydrogens (tertiary/aromatic N) is 1. The quantitative estimate of drug-likeness (QED) is 0.506. The van der Waals surface area contributed by atoms with E-state index in [1.54, 1.807) is 0 Å². The van der Waals surface area contributed by atoms with Crippen LogP contribution in [0.4, 0.5) is 0 Å². The van der Waals surface area contributed by atoms with Crippen LogP contribution in [-0.4, -0.2) is 62.2 Å². The molecule has 0 bridgehead atoms. The van der Waals surface area contributed by atoms with Gasteiger partial charge >= 0.3 is 0 Å². The lowest BCUT2D eigenvalue weighted by atomic mass is 10.4. The van der Waals surface area contributed by atoms with Crippen LogP contribution in [0.5, 0.6) is 0 Å². The maximum Gasteiger partial charge on any atom is 0.113 e. The van der Waals surface area contributed by atoms with Crippen molar-refractivity contribution in [2.24, 2.45) is 0 Å². The molecule has 2 rings (SSSR count). The van der Waals surface area contributed by atoms with Gasteiger partial charge in [0.2, 0.25) is 0 Å². The molecule has 0 spiro atoms. The number of thioether (sulfide) groups is 1. The molecule has 2 atom stereocenters. The molecule has 0 N–H and O–H groups in total. The van der Waals surface area contributed by atoms with Crippen LogP contribution in [0.3, 0.4) is 0 Å². The van der Waals surface area contributed by atoms with Crippen LogP contribution in [0, 0.1) is 0 Å². The first-order chi connectivity index (χ1) is 12.8. The largest absolute Gasteiger partial charge is 0.319 e. The van der Waals surface area contributed by atoms with Crippen LogP contribution in [0.15, 0.2) is 60.7 Å². The first-order valence-corrected chi connectivity index (χ1v) is 15.4. The van der Waals surface area contributed by atoms with Crippen molar-refractivity contribution in [1.29, 1.82) is 0 Å². The minimum atomic E-state index is -2.37. The third kappa shape index (κ3) is 7.27. The van der Waals surface area contributed by atoms with Gasteiger partial charge in [0.15, 0.2) is 0 Å². The molecular weight excluding hydrogens is 392 g/mol. The highest BCUT2D eigenvalue weighted by Gasteiger charge is 2.22. The first-order valence-electron chi connectivity index (χ1n) is 9.31. The molecule has 0 aromatic heterocycles. The van der Waals surface area contributed by atoms with Crippen molar-refractivity contribution in [2.45, 2.75) is 0 Å². The molecule has 2 unspecified atom stereocenters. The van der Waals surface area contributed by atoms with Crippen molar-refractivity contribution in [2.75, 3.05) is 57.3 Å². The molecule has 0 saturated carbocycles. The molecule has 6 heteroatoms.